The maximum absolute atomic E-state index is 5.60. The molecule has 84 valence electrons. The first-order valence-corrected chi connectivity index (χ1v) is 5.84. The normalized spacial score (nSPS) is 12.7. The summed E-state index contributed by atoms with van der Waals surface area (Å²) in [5, 5.41) is 4.52. The van der Waals surface area contributed by atoms with E-state index < -0.39 is 0 Å². The van der Waals surface area contributed by atoms with Crippen molar-refractivity contribution < 1.29 is 0 Å². The minimum Gasteiger partial charge on any atom is -0.393 e. The van der Waals surface area contributed by atoms with Gasteiger partial charge in [0.25, 0.3) is 0 Å². The van der Waals surface area contributed by atoms with Crippen LogP contribution in [-0.4, -0.2) is 14.8 Å². The van der Waals surface area contributed by atoms with Crippen molar-refractivity contribution in [1.29, 1.82) is 0 Å². The lowest BCUT2D eigenvalue weighted by atomic mass is 10.2. The van der Waals surface area contributed by atoms with Crippen molar-refractivity contribution >= 4 is 17.2 Å². The van der Waals surface area contributed by atoms with Gasteiger partial charge in [0.15, 0.2) is 0 Å². The largest absolute Gasteiger partial charge is 0.393 e. The molecule has 0 aromatic carbocycles. The summed E-state index contributed by atoms with van der Waals surface area (Å²) in [7, 11) is 0. The fourth-order valence-electron chi connectivity index (χ4n) is 1.48. The molecule has 4 heteroatoms. The van der Waals surface area contributed by atoms with E-state index in [-0.39, 0.29) is 5.92 Å². The van der Waals surface area contributed by atoms with Crippen LogP contribution in [0.2, 0.25) is 0 Å². The lowest BCUT2D eigenvalue weighted by molar-refractivity contribution is 0.520. The number of nitrogens with zero attached hydrogens (tertiary/aromatic N) is 2. The summed E-state index contributed by atoms with van der Waals surface area (Å²) in [6, 6.07) is 2.16. The van der Waals surface area contributed by atoms with Crippen molar-refractivity contribution in [3.8, 4) is 0 Å². The van der Waals surface area contributed by atoms with Gasteiger partial charge in [0.1, 0.15) is 0 Å². The highest BCUT2D eigenvalue weighted by Gasteiger charge is 2.10. The smallest absolute Gasteiger partial charge is 0.0774 e. The summed E-state index contributed by atoms with van der Waals surface area (Å²) in [6.45, 7) is 7.08. The fraction of sp³-hybridized carbons (Fsp3) is 0.636. The van der Waals surface area contributed by atoms with Crippen molar-refractivity contribution in [3.63, 3.8) is 0 Å². The van der Waals surface area contributed by atoms with Gasteiger partial charge in [0, 0.05) is 11.6 Å². The van der Waals surface area contributed by atoms with E-state index in [4.69, 9.17) is 18.0 Å². The molecule has 0 aliphatic heterocycles. The van der Waals surface area contributed by atoms with Crippen LogP contribution in [0.25, 0.3) is 0 Å². The number of aromatic nitrogens is 2. The Morgan fingerprint density at radius 2 is 2.20 bits per heavy atom. The third-order valence-corrected chi connectivity index (χ3v) is 2.97. The van der Waals surface area contributed by atoms with Gasteiger partial charge in [-0.3, -0.25) is 4.68 Å². The predicted molar refractivity (Wildman–Crippen MR) is 66.9 cm³/mol. The van der Waals surface area contributed by atoms with E-state index in [0.717, 1.165) is 25.1 Å². The molecular weight excluding hydrogens is 206 g/mol. The first-order valence-electron chi connectivity index (χ1n) is 5.43. The number of aryl methyl sites for hydroxylation is 2. The molecule has 0 spiro atoms. The first-order chi connectivity index (χ1) is 7.08. The highest BCUT2D eigenvalue weighted by Crippen LogP contribution is 2.09. The van der Waals surface area contributed by atoms with E-state index in [1.54, 1.807) is 0 Å². The first kappa shape index (κ1) is 12.2. The number of nitrogens with two attached hydrogens (primary N) is 1. The molecule has 0 bridgehead atoms. The molecule has 0 radical (unpaired) electrons. The Morgan fingerprint density at radius 3 is 2.67 bits per heavy atom. The molecule has 0 aliphatic carbocycles. The lowest BCUT2D eigenvalue weighted by Crippen LogP contribution is -2.24. The average molecular weight is 225 g/mol. The summed E-state index contributed by atoms with van der Waals surface area (Å²) in [4.78, 5) is 0.561. The molecular formula is C11H19N3S. The van der Waals surface area contributed by atoms with Crippen LogP contribution in [0.3, 0.4) is 0 Å². The van der Waals surface area contributed by atoms with E-state index in [2.05, 4.69) is 25.0 Å². The molecule has 1 aromatic rings. The van der Waals surface area contributed by atoms with Gasteiger partial charge >= 0.3 is 0 Å². The zero-order valence-electron chi connectivity index (χ0n) is 9.66. The SMILES string of the molecule is CCc1cc(CC)n(CC(C)C(N)=S)n1. The Kier molecular flexibility index (Phi) is 4.27. The molecule has 2 N–H and O–H groups in total. The zero-order chi connectivity index (χ0) is 11.4. The molecule has 0 fully saturated rings. The molecule has 1 rings (SSSR count). The maximum atomic E-state index is 5.60. The van der Waals surface area contributed by atoms with Gasteiger partial charge in [0.2, 0.25) is 0 Å². The number of hydrogen-bond donors (Lipinski definition) is 1. The Morgan fingerprint density at radius 1 is 1.53 bits per heavy atom. The van der Waals surface area contributed by atoms with Crippen molar-refractivity contribution in [1.82, 2.24) is 9.78 Å². The molecule has 15 heavy (non-hydrogen) atoms. The van der Waals surface area contributed by atoms with Gasteiger partial charge in [0.05, 0.1) is 17.2 Å². The molecule has 1 atom stereocenters. The van der Waals surface area contributed by atoms with Crippen LogP contribution in [0.15, 0.2) is 6.07 Å². The minimum atomic E-state index is 0.204. The molecule has 0 aliphatic rings. The van der Waals surface area contributed by atoms with E-state index in [9.17, 15) is 0 Å². The van der Waals surface area contributed by atoms with E-state index >= 15 is 0 Å². The van der Waals surface area contributed by atoms with Gasteiger partial charge < -0.3 is 5.73 Å². The highest BCUT2D eigenvalue weighted by atomic mass is 32.1. The van der Waals surface area contributed by atoms with E-state index in [0.29, 0.717) is 4.99 Å². The minimum absolute atomic E-state index is 0.204. The van der Waals surface area contributed by atoms with Gasteiger partial charge in [-0.15, -0.1) is 0 Å². The fourth-order valence-corrected chi connectivity index (χ4v) is 1.55. The van der Waals surface area contributed by atoms with E-state index in [1.165, 1.54) is 5.69 Å². The topological polar surface area (TPSA) is 43.8 Å². The second kappa shape index (κ2) is 5.26. The van der Waals surface area contributed by atoms with E-state index in [1.807, 2.05) is 11.6 Å². The second-order valence-corrected chi connectivity index (χ2v) is 4.29. The van der Waals surface area contributed by atoms with Crippen LogP contribution in [0.1, 0.15) is 32.2 Å². The van der Waals surface area contributed by atoms with Crippen LogP contribution in [0, 0.1) is 5.92 Å². The molecule has 3 nitrogen and oxygen atoms in total. The molecule has 0 saturated heterocycles. The number of rotatable bonds is 5. The summed E-state index contributed by atoms with van der Waals surface area (Å²) < 4.78 is 2.03. The second-order valence-electron chi connectivity index (χ2n) is 3.82. The van der Waals surface area contributed by atoms with Crippen molar-refractivity contribution in [2.45, 2.75) is 40.2 Å². The highest BCUT2D eigenvalue weighted by molar-refractivity contribution is 7.80. The number of thiocarbonyl (C=S) groups is 1. The third-order valence-electron chi connectivity index (χ3n) is 2.57. The van der Waals surface area contributed by atoms with Gasteiger partial charge in [-0.05, 0) is 18.9 Å². The van der Waals surface area contributed by atoms with Gasteiger partial charge in [-0.2, -0.15) is 5.10 Å². The predicted octanol–water partition coefficient (Wildman–Crippen LogP) is 1.93. The van der Waals surface area contributed by atoms with Gasteiger partial charge in [-0.25, -0.2) is 0 Å². The monoisotopic (exact) mass is 225 g/mol. The molecule has 1 unspecified atom stereocenters. The van der Waals surface area contributed by atoms with Crippen LogP contribution in [0.5, 0.6) is 0 Å². The quantitative estimate of drug-likeness (QED) is 0.779. The number of hydrogen-bond acceptors (Lipinski definition) is 2. The lowest BCUT2D eigenvalue weighted by Gasteiger charge is -2.11. The van der Waals surface area contributed by atoms with Crippen LogP contribution in [0.4, 0.5) is 0 Å². The summed E-state index contributed by atoms with van der Waals surface area (Å²) >= 11 is 4.97. The standard InChI is InChI=1S/C11H19N3S/c1-4-9-6-10(5-2)14(13-9)7-8(3)11(12)15/h6,8H,4-5,7H2,1-3H3,(H2,12,15). The summed E-state index contributed by atoms with van der Waals surface area (Å²) in [5.74, 6) is 0.204. The molecule has 0 saturated carbocycles. The van der Waals surface area contributed by atoms with Crippen LogP contribution in [-0.2, 0) is 19.4 Å². The van der Waals surface area contributed by atoms with Crippen LogP contribution < -0.4 is 5.73 Å². The Balaban J connectivity index is 2.83. The Bertz CT molecular complexity index is 344. The summed E-state index contributed by atoms with van der Waals surface area (Å²) in [6.07, 6.45) is 1.97. The zero-order valence-corrected chi connectivity index (χ0v) is 10.5. The van der Waals surface area contributed by atoms with Crippen molar-refractivity contribution in [2.75, 3.05) is 0 Å². The molecule has 0 amide bonds. The third kappa shape index (κ3) is 3.02. The Labute approximate surface area is 96.7 Å². The molecule has 1 aromatic heterocycles. The maximum Gasteiger partial charge on any atom is 0.0774 e. The Hall–Kier alpha value is -0.900. The van der Waals surface area contributed by atoms with Crippen LogP contribution >= 0.6 is 12.2 Å². The summed E-state index contributed by atoms with van der Waals surface area (Å²) in [5.41, 5.74) is 8.00. The molecule has 1 heterocycles. The van der Waals surface area contributed by atoms with Crippen molar-refractivity contribution in [3.05, 3.63) is 17.5 Å². The van der Waals surface area contributed by atoms with Gasteiger partial charge in [-0.1, -0.05) is 33.0 Å². The average Bonchev–Trinajstić information content (AvgIpc) is 2.60. The van der Waals surface area contributed by atoms with Crippen molar-refractivity contribution in [2.24, 2.45) is 11.7 Å².